The molecule has 0 aliphatic carbocycles. The zero-order valence-electron chi connectivity index (χ0n) is 17.3. The maximum absolute atomic E-state index is 5.94. The number of ether oxygens (including phenoxy) is 4. The molecule has 0 unspecified atom stereocenters. The first-order valence-electron chi connectivity index (χ1n) is 9.71. The van der Waals surface area contributed by atoms with Crippen LogP contribution < -0.4 is 0 Å². The quantitative estimate of drug-likeness (QED) is 0.117. The second-order valence-corrected chi connectivity index (χ2v) is 15.3. The average Bonchev–Trinajstić information content (AvgIpc) is 2.64. The molecule has 0 bridgehead atoms. The van der Waals surface area contributed by atoms with E-state index in [2.05, 4.69) is 40.8 Å². The van der Waals surface area contributed by atoms with Gasteiger partial charge in [0.25, 0.3) is 0 Å². The highest BCUT2D eigenvalue weighted by Gasteiger charge is 2.29. The first kappa shape index (κ1) is 27.7. The molecule has 0 saturated carbocycles. The molecule has 0 fully saturated rings. The monoisotopic (exact) mass is 478 g/mol. The van der Waals surface area contributed by atoms with E-state index in [9.17, 15) is 0 Å². The summed E-state index contributed by atoms with van der Waals surface area (Å²) < 4.78 is 23.8. The topological polar surface area (TPSA) is 36.9 Å². The van der Waals surface area contributed by atoms with Gasteiger partial charge >= 0.3 is 0 Å². The van der Waals surface area contributed by atoms with Gasteiger partial charge in [-0.15, -0.1) is 0 Å². The number of rotatable bonds is 19. The van der Waals surface area contributed by atoms with Gasteiger partial charge in [-0.3, -0.25) is 0 Å². The van der Waals surface area contributed by atoms with Gasteiger partial charge in [-0.2, -0.15) is 0 Å². The maximum Gasteiger partial charge on any atom is 0.145 e. The SMILES string of the molecule is CCOC(CCSSSSCCC(OCC)(OCC)[SiH2]C)(OCC)[SiH2]C. The van der Waals surface area contributed by atoms with Crippen molar-refractivity contribution < 1.29 is 18.9 Å². The molecule has 158 valence electrons. The van der Waals surface area contributed by atoms with Gasteiger partial charge in [-0.25, -0.2) is 0 Å². The molecule has 0 heterocycles. The van der Waals surface area contributed by atoms with Crippen molar-refractivity contribution in [2.24, 2.45) is 0 Å². The summed E-state index contributed by atoms with van der Waals surface area (Å²) in [6.07, 6.45) is 1.97. The normalized spacial score (nSPS) is 13.6. The van der Waals surface area contributed by atoms with E-state index in [0.717, 1.165) is 50.8 Å². The van der Waals surface area contributed by atoms with Crippen LogP contribution in [0.3, 0.4) is 0 Å². The summed E-state index contributed by atoms with van der Waals surface area (Å²) in [5.41, 5.74) is -0.537. The molecule has 0 N–H and O–H groups in total. The van der Waals surface area contributed by atoms with Gasteiger partial charge in [-0.1, -0.05) is 34.7 Å². The Hall–Kier alpha value is 1.67. The number of hydrogen-bond acceptors (Lipinski definition) is 8. The van der Waals surface area contributed by atoms with Gasteiger partial charge in [0.05, 0.1) is 19.0 Å². The Morgan fingerprint density at radius 1 is 0.615 bits per heavy atom. The van der Waals surface area contributed by atoms with Gasteiger partial charge in [0.1, 0.15) is 10.8 Å². The van der Waals surface area contributed by atoms with Crippen LogP contribution in [-0.2, 0) is 18.9 Å². The van der Waals surface area contributed by atoms with Crippen molar-refractivity contribution >= 4 is 60.3 Å². The third-order valence-electron chi connectivity index (χ3n) is 3.96. The Labute approximate surface area is 181 Å². The van der Waals surface area contributed by atoms with E-state index in [1.165, 1.54) is 0 Å². The molecule has 0 saturated heterocycles. The second kappa shape index (κ2) is 17.5. The predicted molar refractivity (Wildman–Crippen MR) is 130 cm³/mol. The summed E-state index contributed by atoms with van der Waals surface area (Å²) >= 11 is 0. The summed E-state index contributed by atoms with van der Waals surface area (Å²) in [5.74, 6) is 2.12. The first-order valence-corrected chi connectivity index (χ1v) is 19.1. The Kier molecular flexibility index (Phi) is 18.7. The molecular formula is C16H38O4S4Si2. The molecule has 0 aliphatic rings. The average molecular weight is 479 g/mol. The minimum absolute atomic E-state index is 0.269. The Morgan fingerprint density at radius 3 is 1.15 bits per heavy atom. The Bertz CT molecular complexity index is 289. The van der Waals surface area contributed by atoms with Crippen LogP contribution in [-0.4, -0.2) is 67.8 Å². The van der Waals surface area contributed by atoms with Gasteiger partial charge in [0, 0.05) is 50.8 Å². The van der Waals surface area contributed by atoms with E-state index < -0.39 is 0 Å². The van der Waals surface area contributed by atoms with Crippen LogP contribution in [0.4, 0.5) is 0 Å². The van der Waals surface area contributed by atoms with Crippen LogP contribution in [0.15, 0.2) is 0 Å². The highest BCUT2D eigenvalue weighted by molar-refractivity contribution is 9.26. The molecule has 4 nitrogen and oxygen atoms in total. The van der Waals surface area contributed by atoms with Crippen molar-refractivity contribution in [1.82, 2.24) is 0 Å². The van der Waals surface area contributed by atoms with E-state index in [1.54, 1.807) is 0 Å². The third kappa shape index (κ3) is 11.6. The summed E-state index contributed by atoms with van der Waals surface area (Å²) in [4.78, 5) is 0. The lowest BCUT2D eigenvalue weighted by molar-refractivity contribution is -0.176. The lowest BCUT2D eigenvalue weighted by Gasteiger charge is -2.32. The fraction of sp³-hybridized carbons (Fsp3) is 1.00. The zero-order valence-corrected chi connectivity index (χ0v) is 23.4. The van der Waals surface area contributed by atoms with E-state index in [4.69, 9.17) is 18.9 Å². The van der Waals surface area contributed by atoms with Gasteiger partial charge < -0.3 is 18.9 Å². The van der Waals surface area contributed by atoms with Crippen molar-refractivity contribution in [3.05, 3.63) is 0 Å². The summed E-state index contributed by atoms with van der Waals surface area (Å²) in [5, 5.41) is 0. The van der Waals surface area contributed by atoms with Gasteiger partial charge in [-0.05, 0) is 47.3 Å². The van der Waals surface area contributed by atoms with E-state index >= 15 is 0 Å². The van der Waals surface area contributed by atoms with E-state index in [-0.39, 0.29) is 29.9 Å². The smallest absolute Gasteiger partial charge is 0.145 e. The molecule has 0 radical (unpaired) electrons. The second-order valence-electron chi connectivity index (χ2n) is 5.54. The molecule has 10 heteroatoms. The fourth-order valence-electron chi connectivity index (χ4n) is 2.69. The van der Waals surface area contributed by atoms with Crippen molar-refractivity contribution in [3.8, 4) is 0 Å². The van der Waals surface area contributed by atoms with Crippen molar-refractivity contribution in [1.29, 1.82) is 0 Å². The largest absolute Gasteiger partial charge is 0.355 e. The first-order chi connectivity index (χ1) is 12.6. The number of hydrogen-bond donors (Lipinski definition) is 0. The maximum atomic E-state index is 5.94. The van der Waals surface area contributed by atoms with Crippen molar-refractivity contribution in [2.45, 2.75) is 64.5 Å². The Balaban J connectivity index is 3.98. The van der Waals surface area contributed by atoms with Gasteiger partial charge in [0.2, 0.25) is 0 Å². The van der Waals surface area contributed by atoms with Crippen LogP contribution in [0.2, 0.25) is 13.1 Å². The molecule has 0 aromatic heterocycles. The summed E-state index contributed by atoms with van der Waals surface area (Å²) in [6, 6.07) is 0. The molecular weight excluding hydrogens is 441 g/mol. The van der Waals surface area contributed by atoms with Gasteiger partial charge in [0.15, 0.2) is 0 Å². The summed E-state index contributed by atoms with van der Waals surface area (Å²) in [7, 11) is 6.75. The van der Waals surface area contributed by atoms with Crippen LogP contribution in [0.5, 0.6) is 0 Å². The molecule has 0 aliphatic heterocycles. The lowest BCUT2D eigenvalue weighted by Crippen LogP contribution is -2.42. The molecule has 0 aromatic rings. The third-order valence-corrected chi connectivity index (χ3v) is 14.1. The van der Waals surface area contributed by atoms with Crippen molar-refractivity contribution in [3.63, 3.8) is 0 Å². The van der Waals surface area contributed by atoms with Crippen LogP contribution in [0.25, 0.3) is 0 Å². The zero-order chi connectivity index (χ0) is 19.7. The minimum Gasteiger partial charge on any atom is -0.355 e. The Morgan fingerprint density at radius 2 is 0.923 bits per heavy atom. The molecule has 0 spiro atoms. The minimum atomic E-state index is -0.380. The lowest BCUT2D eigenvalue weighted by atomic mass is 10.4. The van der Waals surface area contributed by atoms with E-state index in [0.29, 0.717) is 0 Å². The molecule has 0 atom stereocenters. The van der Waals surface area contributed by atoms with Crippen LogP contribution in [0, 0.1) is 0 Å². The standard InChI is InChI=1S/C16H38O4S4Si2/c1-7-17-15(25-5,18-8-2)11-13-21-23-24-22-14-12-16(26-6,19-9-3)20-10-4/h7-14,25-26H2,1-6H3. The molecule has 0 amide bonds. The molecule has 0 rings (SSSR count). The van der Waals surface area contributed by atoms with Crippen molar-refractivity contribution in [2.75, 3.05) is 37.9 Å². The molecule has 0 aromatic carbocycles. The van der Waals surface area contributed by atoms with Crippen LogP contribution in [0.1, 0.15) is 40.5 Å². The summed E-state index contributed by atoms with van der Waals surface area (Å²) in [6.45, 7) is 15.7. The van der Waals surface area contributed by atoms with E-state index in [1.807, 2.05) is 41.2 Å². The van der Waals surface area contributed by atoms with Crippen LogP contribution >= 0.6 is 41.2 Å². The highest BCUT2D eigenvalue weighted by Crippen LogP contribution is 2.44. The fourth-order valence-corrected chi connectivity index (χ4v) is 12.1. The highest BCUT2D eigenvalue weighted by atomic mass is 33.7. The predicted octanol–water partition coefficient (Wildman–Crippen LogP) is 4.33. The molecule has 26 heavy (non-hydrogen) atoms.